The first-order chi connectivity index (χ1) is 27.1. The highest BCUT2D eigenvalue weighted by Gasteiger charge is 2.71. The van der Waals surface area contributed by atoms with Crippen molar-refractivity contribution in [2.45, 2.75) is 30.4 Å². The van der Waals surface area contributed by atoms with Crippen LogP contribution in [0.1, 0.15) is 35.4 Å². The molecular weight excluding hydrogens is 794 g/mol. The molecule has 3 heterocycles. The first-order valence-corrected chi connectivity index (χ1v) is 18.2. The number of nitrogens with one attached hydrogen (secondary N) is 1. The highest BCUT2D eigenvalue weighted by molar-refractivity contribution is 6.33. The van der Waals surface area contributed by atoms with Crippen LogP contribution in [0.4, 0.5) is 30.4 Å². The Morgan fingerprint density at radius 2 is 1.67 bits per heavy atom. The van der Waals surface area contributed by atoms with E-state index in [0.29, 0.717) is 33.4 Å². The smallest absolute Gasteiger partial charge is 0.417 e. The van der Waals surface area contributed by atoms with Gasteiger partial charge in [0.1, 0.15) is 11.5 Å². The maximum absolute atomic E-state index is 15.3. The summed E-state index contributed by atoms with van der Waals surface area (Å²) in [5, 5.41) is 23.3. The lowest BCUT2D eigenvalue weighted by Gasteiger charge is -2.50. The second-order valence-corrected chi connectivity index (χ2v) is 15.0. The van der Waals surface area contributed by atoms with Gasteiger partial charge in [-0.25, -0.2) is 4.98 Å². The normalized spacial score (nSPS) is 25.5. The van der Waals surface area contributed by atoms with Crippen LogP contribution in [0.15, 0.2) is 90.6 Å². The van der Waals surface area contributed by atoms with Crippen molar-refractivity contribution in [3.63, 3.8) is 0 Å². The van der Waals surface area contributed by atoms with Crippen LogP contribution in [0.2, 0.25) is 10.0 Å². The van der Waals surface area contributed by atoms with Crippen LogP contribution in [0.25, 0.3) is 0 Å². The van der Waals surface area contributed by atoms with Crippen molar-refractivity contribution in [1.29, 1.82) is 0 Å². The van der Waals surface area contributed by atoms with E-state index in [1.165, 1.54) is 61.7 Å². The van der Waals surface area contributed by atoms with Gasteiger partial charge in [-0.15, -0.1) is 0 Å². The number of anilines is 2. The summed E-state index contributed by atoms with van der Waals surface area (Å²) in [5.41, 5.74) is 0.289. The molecule has 0 radical (unpaired) electrons. The van der Waals surface area contributed by atoms with E-state index in [-0.39, 0.29) is 41.3 Å². The van der Waals surface area contributed by atoms with Gasteiger partial charge >= 0.3 is 6.18 Å². The van der Waals surface area contributed by atoms with E-state index >= 15 is 4.79 Å². The molecule has 292 valence electrons. The van der Waals surface area contributed by atoms with Gasteiger partial charge in [0.2, 0.25) is 11.8 Å². The number of hydrogen-bond donors (Lipinski definition) is 2. The number of carbonyl (C=O) groups is 4. The second kappa shape index (κ2) is 13.6. The second-order valence-electron chi connectivity index (χ2n) is 14.1. The first-order valence-electron chi connectivity index (χ1n) is 17.4. The molecule has 2 aliphatic carbocycles. The molecule has 4 aliphatic rings. The van der Waals surface area contributed by atoms with Crippen LogP contribution in [0, 0.1) is 33.8 Å². The topological polar surface area (TPSA) is 172 Å². The van der Waals surface area contributed by atoms with E-state index in [9.17, 15) is 42.8 Å². The number of fused-ring (bicyclic) bond motifs is 4. The lowest BCUT2D eigenvalue weighted by molar-refractivity contribution is -0.384. The minimum absolute atomic E-state index is 0.0301. The molecule has 18 heteroatoms. The molecule has 0 bridgehead atoms. The number of ether oxygens (including phenoxy) is 1. The molecule has 3 fully saturated rings. The number of methoxy groups -OCH3 is 1. The number of pyridine rings is 1. The number of carbonyl (C=O) groups excluding carboxylic acids is 4. The number of nitro benzene ring substituents is 1. The zero-order valence-corrected chi connectivity index (χ0v) is 30.9. The maximum atomic E-state index is 15.3. The molecule has 13 nitrogen and oxygen atoms in total. The highest BCUT2D eigenvalue weighted by atomic mass is 35.5. The molecule has 8 rings (SSSR count). The number of hydrogen-bond acceptors (Lipinski definition) is 10. The third-order valence-electron chi connectivity index (χ3n) is 11.4. The van der Waals surface area contributed by atoms with Gasteiger partial charge in [0.25, 0.3) is 17.5 Å². The molecule has 4 aromatic rings. The lowest BCUT2D eigenvalue weighted by atomic mass is 9.49. The number of aromatic hydroxyl groups is 1. The highest BCUT2D eigenvalue weighted by Crippen LogP contribution is 2.65. The SMILES string of the molecule is COc1ccc(O)c(C2C3=CCC4C(=O)N(c5ccc([N+](=O)[O-])cc5)C(=O)C4C3CC3C(=O)N(Nc4ncc(C(F)(F)F)cc4Cl)C(=O)C32c2ccc(Cl)cc2)c1. The number of phenolic OH excluding ortho intramolecular Hbond substituents is 1. The van der Waals surface area contributed by atoms with E-state index in [2.05, 4.69) is 10.4 Å². The van der Waals surface area contributed by atoms with E-state index in [4.69, 9.17) is 27.9 Å². The Bertz CT molecular complexity index is 2430. The minimum Gasteiger partial charge on any atom is -0.508 e. The third kappa shape index (κ3) is 5.79. The summed E-state index contributed by atoms with van der Waals surface area (Å²) >= 11 is 12.5. The monoisotopic (exact) mass is 821 g/mol. The van der Waals surface area contributed by atoms with Gasteiger partial charge in [-0.2, -0.15) is 18.2 Å². The molecule has 2 N–H and O–H groups in total. The number of aromatic nitrogens is 1. The molecular formula is C39H28Cl2F3N5O8. The Morgan fingerprint density at radius 3 is 2.30 bits per heavy atom. The number of halogens is 5. The number of hydrazine groups is 1. The van der Waals surface area contributed by atoms with Crippen LogP contribution < -0.4 is 15.1 Å². The summed E-state index contributed by atoms with van der Waals surface area (Å²) in [6.45, 7) is 0. The molecule has 6 unspecified atom stereocenters. The number of rotatable bonds is 7. The van der Waals surface area contributed by atoms with Gasteiger partial charge in [0, 0.05) is 34.8 Å². The van der Waals surface area contributed by atoms with E-state index in [0.717, 1.165) is 4.90 Å². The lowest BCUT2D eigenvalue weighted by Crippen LogP contribution is -2.53. The van der Waals surface area contributed by atoms with Crippen molar-refractivity contribution in [1.82, 2.24) is 9.99 Å². The molecule has 1 saturated carbocycles. The number of alkyl halides is 3. The largest absolute Gasteiger partial charge is 0.508 e. The molecule has 0 spiro atoms. The van der Waals surface area contributed by atoms with Gasteiger partial charge in [-0.05, 0) is 72.9 Å². The van der Waals surface area contributed by atoms with Crippen LogP contribution in [0.3, 0.4) is 0 Å². The van der Waals surface area contributed by atoms with Crippen molar-refractivity contribution >= 4 is 64.0 Å². The average molecular weight is 823 g/mol. The zero-order chi connectivity index (χ0) is 40.7. The molecule has 57 heavy (non-hydrogen) atoms. The van der Waals surface area contributed by atoms with E-state index in [1.807, 2.05) is 0 Å². The number of nitro groups is 1. The fourth-order valence-electron chi connectivity index (χ4n) is 9.00. The fraction of sp³-hybridized carbons (Fsp3) is 0.256. The number of amides is 4. The summed E-state index contributed by atoms with van der Waals surface area (Å²) < 4.78 is 46.0. The van der Waals surface area contributed by atoms with Gasteiger partial charge in [0.05, 0.1) is 51.5 Å². The Balaban J connectivity index is 1.31. The molecule has 2 saturated heterocycles. The van der Waals surface area contributed by atoms with Crippen LogP contribution in [0.5, 0.6) is 11.5 Å². The number of phenols is 1. The number of nitrogens with zero attached hydrogens (tertiary/aromatic N) is 4. The van der Waals surface area contributed by atoms with Crippen LogP contribution in [-0.2, 0) is 30.8 Å². The Hall–Kier alpha value is -6.00. The molecule has 6 atom stereocenters. The van der Waals surface area contributed by atoms with Crippen molar-refractivity contribution in [2.24, 2.45) is 23.7 Å². The summed E-state index contributed by atoms with van der Waals surface area (Å²) in [4.78, 5) is 74.1. The summed E-state index contributed by atoms with van der Waals surface area (Å²) in [5.74, 6) is -8.64. The summed E-state index contributed by atoms with van der Waals surface area (Å²) in [6.07, 6.45) is -2.68. The van der Waals surface area contributed by atoms with Gasteiger partial charge < -0.3 is 9.84 Å². The predicted molar refractivity (Wildman–Crippen MR) is 197 cm³/mol. The zero-order valence-electron chi connectivity index (χ0n) is 29.4. The standard InChI is InChI=1S/C39H28Cl2F3N5O8/c1-57-23-10-13-30(50)27(15-23)32-24-11-12-25-31(36(53)47(34(25)51)21-6-8-22(9-7-21)49(55)56)26(24)16-28-35(52)48(37(54)38(28,32)18-2-4-20(40)5-3-18)46-33-29(41)14-19(17-45-33)39(42,43)44/h2-11,13-15,17,25-26,28,31-32,50H,12,16H2,1H3,(H,45,46). The van der Waals surface area contributed by atoms with Crippen molar-refractivity contribution < 1.29 is 47.1 Å². The average Bonchev–Trinajstić information content (AvgIpc) is 3.56. The van der Waals surface area contributed by atoms with Crippen molar-refractivity contribution in [3.05, 3.63) is 127 Å². The molecule has 2 aliphatic heterocycles. The Kier molecular flexibility index (Phi) is 9.03. The minimum atomic E-state index is -4.79. The predicted octanol–water partition coefficient (Wildman–Crippen LogP) is 7.22. The van der Waals surface area contributed by atoms with E-state index < -0.39 is 86.1 Å². The third-order valence-corrected chi connectivity index (χ3v) is 12.0. The molecule has 1 aromatic heterocycles. The quantitative estimate of drug-likeness (QED) is 0.0839. The Labute approximate surface area is 330 Å². The Morgan fingerprint density at radius 1 is 0.965 bits per heavy atom. The van der Waals surface area contributed by atoms with Gasteiger partial charge in [0.15, 0.2) is 5.82 Å². The number of imide groups is 2. The fourth-order valence-corrected chi connectivity index (χ4v) is 9.33. The van der Waals surface area contributed by atoms with Crippen LogP contribution in [-0.4, -0.2) is 50.8 Å². The number of allylic oxidation sites excluding steroid dienone is 2. The van der Waals surface area contributed by atoms with E-state index in [1.54, 1.807) is 18.2 Å². The molecule has 4 amide bonds. The van der Waals surface area contributed by atoms with Crippen molar-refractivity contribution in [2.75, 3.05) is 17.4 Å². The molecule has 3 aromatic carbocycles. The van der Waals surface area contributed by atoms with Gasteiger partial charge in [-0.1, -0.05) is 47.0 Å². The van der Waals surface area contributed by atoms with Gasteiger partial charge in [-0.3, -0.25) is 39.6 Å². The summed E-state index contributed by atoms with van der Waals surface area (Å²) in [7, 11) is 1.40. The first kappa shape index (κ1) is 37.9. The number of benzene rings is 3. The van der Waals surface area contributed by atoms with Crippen LogP contribution >= 0.6 is 23.2 Å². The summed E-state index contributed by atoms with van der Waals surface area (Å²) in [6, 6.07) is 16.1. The maximum Gasteiger partial charge on any atom is 0.417 e. The number of non-ortho nitro benzene ring substituents is 1. The van der Waals surface area contributed by atoms with Crippen molar-refractivity contribution in [3.8, 4) is 11.5 Å².